The Morgan fingerprint density at radius 2 is 0.906 bits per heavy atom. The second-order valence-corrected chi connectivity index (χ2v) is 9.33. The Balaban J connectivity index is 1.91. The summed E-state index contributed by atoms with van der Waals surface area (Å²) in [7, 11) is -13.8. The minimum Gasteiger partial charge on any atom is -0.232 e. The summed E-state index contributed by atoms with van der Waals surface area (Å²) in [6.07, 6.45) is 0. The third-order valence-electron chi connectivity index (χ3n) is 3.15. The van der Waals surface area contributed by atoms with Crippen molar-refractivity contribution >= 4 is 28.5 Å². The summed E-state index contributed by atoms with van der Waals surface area (Å²) in [5.41, 5.74) is 0. The van der Waals surface area contributed by atoms with Crippen LogP contribution in [0.1, 0.15) is 0 Å². The number of halogens is 6. The zero-order valence-corrected chi connectivity index (χ0v) is 17.5. The van der Waals surface area contributed by atoms with Crippen molar-refractivity contribution in [2.45, 2.75) is 9.79 Å². The molecule has 2 aromatic rings. The molecule has 2 aromatic carbocycles. The van der Waals surface area contributed by atoms with Gasteiger partial charge in [0.25, 0.3) is 0 Å². The topological polar surface area (TPSA) is 122 Å². The Labute approximate surface area is 176 Å². The van der Waals surface area contributed by atoms with Crippen molar-refractivity contribution < 1.29 is 65.2 Å². The van der Waals surface area contributed by atoms with E-state index in [2.05, 4.69) is 17.4 Å². The number of hydrogen-bond acceptors (Lipinski definition) is 9. The molecule has 0 aromatic heterocycles. The standard InChI is InChI=1S/C14H8F6O9PS2/c15-7-1-9(17)13(10(18)2-7)31(22,23)28-5-26-30(21)27-6-29-32(24,25)14-11(19)3-8(16)4-12(14)20/h1-4H,5-6H2/q+1. The van der Waals surface area contributed by atoms with Crippen LogP contribution in [0.3, 0.4) is 0 Å². The smallest absolute Gasteiger partial charge is 0.232 e. The van der Waals surface area contributed by atoms with Gasteiger partial charge in [-0.2, -0.15) is 16.8 Å². The van der Waals surface area contributed by atoms with Gasteiger partial charge in [0.2, 0.25) is 13.6 Å². The van der Waals surface area contributed by atoms with E-state index in [4.69, 9.17) is 0 Å². The van der Waals surface area contributed by atoms with Crippen LogP contribution in [0.2, 0.25) is 0 Å². The fraction of sp³-hybridized carbons (Fsp3) is 0.143. The third kappa shape index (κ3) is 6.44. The van der Waals surface area contributed by atoms with Gasteiger partial charge >= 0.3 is 28.5 Å². The van der Waals surface area contributed by atoms with E-state index in [9.17, 15) is 47.7 Å². The van der Waals surface area contributed by atoms with E-state index in [0.29, 0.717) is 0 Å². The summed E-state index contributed by atoms with van der Waals surface area (Å²) >= 11 is 0. The van der Waals surface area contributed by atoms with Crippen molar-refractivity contribution in [3.8, 4) is 0 Å². The summed E-state index contributed by atoms with van der Waals surface area (Å²) in [5, 5.41) is 0. The second kappa shape index (κ2) is 10.2. The largest absolute Gasteiger partial charge is 0.702 e. The molecule has 0 unspecified atom stereocenters. The molecule has 32 heavy (non-hydrogen) atoms. The highest BCUT2D eigenvalue weighted by atomic mass is 32.2. The number of rotatable bonds is 10. The molecule has 0 fully saturated rings. The van der Waals surface area contributed by atoms with Gasteiger partial charge in [-0.3, -0.25) is 0 Å². The first kappa shape index (κ1) is 26.1. The van der Waals surface area contributed by atoms with Crippen LogP contribution in [0, 0.1) is 34.9 Å². The lowest BCUT2D eigenvalue weighted by Gasteiger charge is -2.06. The van der Waals surface area contributed by atoms with E-state index in [1.807, 2.05) is 0 Å². The van der Waals surface area contributed by atoms with Crippen molar-refractivity contribution in [1.29, 1.82) is 0 Å². The van der Waals surface area contributed by atoms with Crippen LogP contribution in [0.15, 0.2) is 34.1 Å². The SMILES string of the molecule is O=[P+](OCOS(=O)(=O)c1c(F)cc(F)cc1F)OCOS(=O)(=O)c1c(F)cc(F)cc1F. The molecule has 0 aliphatic rings. The van der Waals surface area contributed by atoms with Gasteiger partial charge < -0.3 is 0 Å². The predicted molar refractivity (Wildman–Crippen MR) is 88.7 cm³/mol. The Morgan fingerprint density at radius 1 is 0.625 bits per heavy atom. The molecule has 0 saturated heterocycles. The molecular formula is C14H8F6O9PS2+. The van der Waals surface area contributed by atoms with Crippen LogP contribution >= 0.6 is 8.25 Å². The van der Waals surface area contributed by atoms with Crippen molar-refractivity contribution in [1.82, 2.24) is 0 Å². The first-order valence-corrected chi connectivity index (χ1v) is 11.5. The lowest BCUT2D eigenvalue weighted by molar-refractivity contribution is 0.0749. The van der Waals surface area contributed by atoms with Crippen molar-refractivity contribution in [3.05, 3.63) is 59.2 Å². The maximum atomic E-state index is 13.5. The van der Waals surface area contributed by atoms with E-state index in [0.717, 1.165) is 0 Å². The van der Waals surface area contributed by atoms with Crippen LogP contribution < -0.4 is 0 Å². The first-order chi connectivity index (χ1) is 14.7. The van der Waals surface area contributed by atoms with E-state index in [1.54, 1.807) is 0 Å². The summed E-state index contributed by atoms with van der Waals surface area (Å²) in [6, 6.07) is 0.200. The molecule has 0 N–H and O–H groups in total. The van der Waals surface area contributed by atoms with Crippen LogP contribution in [-0.2, 0) is 42.2 Å². The maximum absolute atomic E-state index is 13.5. The van der Waals surface area contributed by atoms with E-state index in [-0.39, 0.29) is 24.3 Å². The molecule has 2 rings (SSSR count). The molecule has 0 spiro atoms. The van der Waals surface area contributed by atoms with Crippen LogP contribution in [-0.4, -0.2) is 30.4 Å². The molecule has 18 heteroatoms. The van der Waals surface area contributed by atoms with Crippen LogP contribution in [0.4, 0.5) is 26.3 Å². The van der Waals surface area contributed by atoms with Crippen molar-refractivity contribution in [2.24, 2.45) is 0 Å². The van der Waals surface area contributed by atoms with Gasteiger partial charge in [0.05, 0.1) is 0 Å². The summed E-state index contributed by atoms with van der Waals surface area (Å²) < 4.78 is 154. The van der Waals surface area contributed by atoms with Gasteiger partial charge in [-0.25, -0.2) is 34.7 Å². The van der Waals surface area contributed by atoms with Gasteiger partial charge in [-0.1, -0.05) is 9.05 Å². The summed E-state index contributed by atoms with van der Waals surface area (Å²) in [5.74, 6) is -10.2. The zero-order chi connectivity index (χ0) is 24.3. The van der Waals surface area contributed by atoms with Crippen molar-refractivity contribution in [2.75, 3.05) is 13.6 Å². The molecule has 0 aliphatic heterocycles. The first-order valence-electron chi connectivity index (χ1n) is 7.55. The Hall–Kier alpha value is -2.14. The molecule has 0 heterocycles. The molecule has 176 valence electrons. The highest BCUT2D eigenvalue weighted by molar-refractivity contribution is 7.87. The van der Waals surface area contributed by atoms with Gasteiger partial charge in [-0.05, 0) is 0 Å². The lowest BCUT2D eigenvalue weighted by Crippen LogP contribution is -2.14. The fourth-order valence-corrected chi connectivity index (χ4v) is 4.22. The van der Waals surface area contributed by atoms with E-state index < -0.39 is 86.8 Å². The van der Waals surface area contributed by atoms with Gasteiger partial charge in [0.1, 0.15) is 34.9 Å². The predicted octanol–water partition coefficient (Wildman–Crippen LogP) is 3.24. The van der Waals surface area contributed by atoms with Gasteiger partial charge in [0, 0.05) is 28.8 Å². The monoisotopic (exact) mass is 529 g/mol. The number of benzene rings is 2. The zero-order valence-electron chi connectivity index (χ0n) is 14.9. The summed E-state index contributed by atoms with van der Waals surface area (Å²) in [6.45, 7) is -2.94. The minimum atomic E-state index is -5.19. The Morgan fingerprint density at radius 3 is 1.19 bits per heavy atom. The highest BCUT2D eigenvalue weighted by Crippen LogP contribution is 2.28. The number of hydrogen-bond donors (Lipinski definition) is 0. The average Bonchev–Trinajstić information content (AvgIpc) is 2.58. The third-order valence-corrected chi connectivity index (χ3v) is 6.37. The van der Waals surface area contributed by atoms with Crippen molar-refractivity contribution in [3.63, 3.8) is 0 Å². The molecule has 0 amide bonds. The van der Waals surface area contributed by atoms with Crippen LogP contribution in [0.25, 0.3) is 0 Å². The molecular weight excluding hydrogens is 521 g/mol. The highest BCUT2D eigenvalue weighted by Gasteiger charge is 2.31. The van der Waals surface area contributed by atoms with E-state index >= 15 is 0 Å². The molecule has 0 atom stereocenters. The second-order valence-electron chi connectivity index (χ2n) is 5.26. The molecule has 0 saturated carbocycles. The Kier molecular flexibility index (Phi) is 8.33. The average molecular weight is 529 g/mol. The molecule has 0 bridgehead atoms. The Bertz CT molecular complexity index is 1110. The molecule has 0 radical (unpaired) electrons. The molecule has 9 nitrogen and oxygen atoms in total. The summed E-state index contributed by atoms with van der Waals surface area (Å²) in [4.78, 5) is -3.34. The van der Waals surface area contributed by atoms with Gasteiger partial charge in [-0.15, -0.1) is 0 Å². The van der Waals surface area contributed by atoms with Crippen LogP contribution in [0.5, 0.6) is 0 Å². The minimum absolute atomic E-state index is 0.0499. The normalized spacial score (nSPS) is 12.2. The fourth-order valence-electron chi connectivity index (χ4n) is 1.95. The lowest BCUT2D eigenvalue weighted by atomic mass is 10.3. The maximum Gasteiger partial charge on any atom is 0.702 e. The quantitative estimate of drug-likeness (QED) is 0.198. The molecule has 0 aliphatic carbocycles. The van der Waals surface area contributed by atoms with E-state index in [1.165, 1.54) is 0 Å². The van der Waals surface area contributed by atoms with Gasteiger partial charge in [0.15, 0.2) is 9.79 Å².